The standard InChI is InChI=1S/C29H32F3N8O5P/c1-5-44-46(42)16-18-6-7-22(24(12-18)43-4)38-28-34-14-20(29(30,31)32)26(39-28)37-23-9-8-21(36-25(23)27(41)33-3)19-13-35-40(15-19)11-10-17(2)45-46/h6-9,12-15,17H,5,10-11,16H2,1-4H3,(H,33,41)(H2,34,37,38,39)/t17?,46-/m1/s1. The molecule has 244 valence electrons. The number of aromatic nitrogens is 5. The number of nitrogens with zero attached hydrogens (tertiary/aromatic N) is 5. The van der Waals surface area contributed by atoms with Gasteiger partial charge in [0.15, 0.2) is 5.69 Å². The molecule has 1 unspecified atom stereocenters. The number of methoxy groups -OCH3 is 1. The summed E-state index contributed by atoms with van der Waals surface area (Å²) in [6.45, 7) is 4.08. The average Bonchev–Trinajstić information content (AvgIpc) is 3.49. The van der Waals surface area contributed by atoms with Crippen LogP contribution in [0.25, 0.3) is 11.3 Å². The fourth-order valence-corrected chi connectivity index (χ4v) is 6.65. The number of carbonyl (C=O) groups is 1. The molecule has 1 aromatic carbocycles. The Morgan fingerprint density at radius 1 is 1.17 bits per heavy atom. The molecule has 7 heterocycles. The number of carbonyl (C=O) groups excluding carboxylic acids is 1. The van der Waals surface area contributed by atoms with Crippen LogP contribution in [0.2, 0.25) is 0 Å². The Morgan fingerprint density at radius 3 is 2.67 bits per heavy atom. The highest BCUT2D eigenvalue weighted by Gasteiger charge is 2.36. The number of rotatable bonds is 4. The number of aryl methyl sites for hydroxylation is 1. The van der Waals surface area contributed by atoms with Crippen LogP contribution >= 0.6 is 7.60 Å². The van der Waals surface area contributed by atoms with Crippen LogP contribution in [0.15, 0.2) is 48.9 Å². The van der Waals surface area contributed by atoms with E-state index < -0.39 is 37.2 Å². The van der Waals surface area contributed by atoms with Crippen molar-refractivity contribution in [3.63, 3.8) is 0 Å². The molecule has 0 saturated carbocycles. The first kappa shape index (κ1) is 32.9. The van der Waals surface area contributed by atoms with Crippen LogP contribution in [0.5, 0.6) is 5.75 Å². The minimum atomic E-state index is -4.83. The van der Waals surface area contributed by atoms with Crippen LogP contribution in [-0.2, 0) is 32.5 Å². The van der Waals surface area contributed by atoms with Crippen molar-refractivity contribution in [1.82, 2.24) is 30.0 Å². The highest BCUT2D eigenvalue weighted by Crippen LogP contribution is 2.53. The maximum Gasteiger partial charge on any atom is 0.421 e. The smallest absolute Gasteiger partial charge is 0.421 e. The molecule has 4 aliphatic rings. The first-order valence-electron chi connectivity index (χ1n) is 14.2. The molecule has 0 spiro atoms. The number of hydrogen-bond acceptors (Lipinski definition) is 11. The van der Waals surface area contributed by atoms with Crippen molar-refractivity contribution in [2.24, 2.45) is 0 Å². The van der Waals surface area contributed by atoms with Crippen LogP contribution in [0.1, 0.15) is 41.9 Å². The van der Waals surface area contributed by atoms with Crippen molar-refractivity contribution >= 4 is 36.6 Å². The van der Waals surface area contributed by atoms with Crippen molar-refractivity contribution in [3.8, 4) is 17.0 Å². The van der Waals surface area contributed by atoms with Gasteiger partial charge >= 0.3 is 13.8 Å². The van der Waals surface area contributed by atoms with E-state index in [-0.39, 0.29) is 35.8 Å². The summed E-state index contributed by atoms with van der Waals surface area (Å²) in [5.74, 6) is -1.16. The predicted molar refractivity (Wildman–Crippen MR) is 164 cm³/mol. The van der Waals surface area contributed by atoms with Gasteiger partial charge in [-0.15, -0.1) is 0 Å². The number of hydrogen-bond donors (Lipinski definition) is 3. The number of alkyl halides is 3. The fraction of sp³-hybridized carbons (Fsp3) is 0.345. The largest absolute Gasteiger partial charge is 0.495 e. The molecule has 3 N–H and O–H groups in total. The molecule has 0 saturated heterocycles. The van der Waals surface area contributed by atoms with Gasteiger partial charge in [-0.2, -0.15) is 23.3 Å². The molecule has 0 aliphatic carbocycles. The summed E-state index contributed by atoms with van der Waals surface area (Å²) >= 11 is 0. The molecular weight excluding hydrogens is 628 g/mol. The topological polar surface area (TPSA) is 154 Å². The van der Waals surface area contributed by atoms with Gasteiger partial charge in [-0.25, -0.2) is 9.97 Å². The van der Waals surface area contributed by atoms with Crippen molar-refractivity contribution in [3.05, 3.63) is 65.7 Å². The minimum Gasteiger partial charge on any atom is -0.495 e. The lowest BCUT2D eigenvalue weighted by atomic mass is 10.1. The Kier molecular flexibility index (Phi) is 9.60. The quantitative estimate of drug-likeness (QED) is 0.216. The van der Waals surface area contributed by atoms with Gasteiger partial charge in [0.05, 0.1) is 49.2 Å². The number of anilines is 4. The van der Waals surface area contributed by atoms with Gasteiger partial charge < -0.3 is 29.7 Å². The molecular formula is C29H32F3N8O5P. The lowest BCUT2D eigenvalue weighted by Gasteiger charge is -2.23. The van der Waals surface area contributed by atoms with Gasteiger partial charge in [0.1, 0.15) is 17.1 Å². The normalized spacial score (nSPS) is 18.5. The summed E-state index contributed by atoms with van der Waals surface area (Å²) < 4.78 is 74.7. The predicted octanol–water partition coefficient (Wildman–Crippen LogP) is 6.15. The van der Waals surface area contributed by atoms with Crippen molar-refractivity contribution in [2.75, 3.05) is 31.4 Å². The summed E-state index contributed by atoms with van der Waals surface area (Å²) in [5.41, 5.74) is 0.492. The summed E-state index contributed by atoms with van der Waals surface area (Å²) in [7, 11) is -0.813. The first-order valence-corrected chi connectivity index (χ1v) is 16.0. The second kappa shape index (κ2) is 13.4. The second-order valence-electron chi connectivity index (χ2n) is 10.3. The van der Waals surface area contributed by atoms with Gasteiger partial charge in [0, 0.05) is 31.5 Å². The number of benzene rings is 1. The zero-order valence-corrected chi connectivity index (χ0v) is 26.3. The molecule has 13 nitrogen and oxygen atoms in total. The van der Waals surface area contributed by atoms with Gasteiger partial charge in [-0.3, -0.25) is 14.0 Å². The number of halogens is 3. The molecule has 8 bridgehead atoms. The minimum absolute atomic E-state index is 0.0144. The van der Waals surface area contributed by atoms with E-state index in [1.54, 1.807) is 55.2 Å². The monoisotopic (exact) mass is 660 g/mol. The van der Waals surface area contributed by atoms with Gasteiger partial charge in [0.2, 0.25) is 5.95 Å². The molecule has 8 rings (SSSR count). The molecule has 17 heteroatoms. The molecule has 2 atom stereocenters. The Labute approximate surface area is 262 Å². The summed E-state index contributed by atoms with van der Waals surface area (Å²) in [6, 6.07) is 7.86. The number of nitrogens with one attached hydrogen (secondary N) is 3. The van der Waals surface area contributed by atoms with Crippen LogP contribution in [0, 0.1) is 0 Å². The van der Waals surface area contributed by atoms with Crippen molar-refractivity contribution < 1.29 is 36.3 Å². The zero-order chi connectivity index (χ0) is 33.1. The molecule has 0 radical (unpaired) electrons. The van der Waals surface area contributed by atoms with Gasteiger partial charge in [-0.05, 0) is 50.1 Å². The lowest BCUT2D eigenvalue weighted by Crippen LogP contribution is -2.21. The molecule has 46 heavy (non-hydrogen) atoms. The van der Waals surface area contributed by atoms with E-state index in [2.05, 4.69) is 36.0 Å². The summed E-state index contributed by atoms with van der Waals surface area (Å²) in [6.07, 6.45) is -0.993. The van der Waals surface area contributed by atoms with E-state index in [9.17, 15) is 22.5 Å². The molecule has 4 aromatic rings. The van der Waals surface area contributed by atoms with E-state index in [4.69, 9.17) is 13.8 Å². The average molecular weight is 661 g/mol. The maximum atomic E-state index is 14.1. The number of pyridine rings is 1. The van der Waals surface area contributed by atoms with Crippen LogP contribution in [0.4, 0.5) is 36.3 Å². The van der Waals surface area contributed by atoms with Gasteiger partial charge in [0.25, 0.3) is 5.91 Å². The zero-order valence-electron chi connectivity index (χ0n) is 25.4. The van der Waals surface area contributed by atoms with Gasteiger partial charge in [-0.1, -0.05) is 6.07 Å². The van der Waals surface area contributed by atoms with E-state index >= 15 is 0 Å². The van der Waals surface area contributed by atoms with E-state index in [1.165, 1.54) is 20.2 Å². The third-order valence-corrected chi connectivity index (χ3v) is 9.02. The summed E-state index contributed by atoms with van der Waals surface area (Å²) in [4.78, 5) is 25.3. The Morgan fingerprint density at radius 2 is 1.96 bits per heavy atom. The highest BCUT2D eigenvalue weighted by atomic mass is 31.2. The molecule has 0 fully saturated rings. The van der Waals surface area contributed by atoms with Crippen molar-refractivity contribution in [1.29, 1.82) is 0 Å². The Hall–Kier alpha value is -4.53. The lowest BCUT2D eigenvalue weighted by molar-refractivity contribution is -0.137. The first-order chi connectivity index (χ1) is 21.9. The van der Waals surface area contributed by atoms with Crippen LogP contribution < -0.4 is 20.7 Å². The van der Waals surface area contributed by atoms with E-state index in [0.717, 1.165) is 0 Å². The molecule has 3 aromatic heterocycles. The number of amides is 1. The Bertz CT molecular complexity index is 1780. The van der Waals surface area contributed by atoms with E-state index in [1.807, 2.05) is 0 Å². The summed E-state index contributed by atoms with van der Waals surface area (Å²) in [5, 5.41) is 12.3. The third-order valence-electron chi connectivity index (χ3n) is 6.93. The number of ether oxygens (including phenoxy) is 1. The SMILES string of the molecule is CCO[P@]1(=O)Cc2ccc(c(OC)c2)Nc2ncc(C(F)(F)F)c(n2)Nc2ccc(nc2C(=O)NC)-c2cnn(c2)CCC(C)O1. The second-order valence-corrected chi connectivity index (χ2v) is 12.3. The van der Waals surface area contributed by atoms with Crippen LogP contribution in [-0.4, -0.2) is 57.5 Å². The fourth-order valence-electron chi connectivity index (χ4n) is 4.74. The van der Waals surface area contributed by atoms with E-state index in [0.29, 0.717) is 41.7 Å². The third kappa shape index (κ3) is 7.46. The highest BCUT2D eigenvalue weighted by molar-refractivity contribution is 7.53. The Balaban J connectivity index is 1.64. The van der Waals surface area contributed by atoms with Crippen molar-refractivity contribution in [2.45, 2.75) is 45.3 Å². The molecule has 4 aliphatic heterocycles. The maximum absolute atomic E-state index is 14.1. The van der Waals surface area contributed by atoms with Crippen LogP contribution in [0.3, 0.4) is 0 Å². The molecule has 1 amide bonds.